The van der Waals surface area contributed by atoms with Gasteiger partial charge in [0.05, 0.1) is 4.90 Å². The minimum atomic E-state index is -3.51. The second-order valence-electron chi connectivity index (χ2n) is 7.32. The van der Waals surface area contributed by atoms with Crippen molar-refractivity contribution in [3.05, 3.63) is 64.7 Å². The van der Waals surface area contributed by atoms with Gasteiger partial charge in [0.15, 0.2) is 0 Å². The van der Waals surface area contributed by atoms with E-state index in [0.29, 0.717) is 42.4 Å². The lowest BCUT2D eigenvalue weighted by Gasteiger charge is -2.32. The number of hydrogen-bond donors (Lipinski definition) is 0. The molecule has 0 radical (unpaired) electrons. The zero-order valence-corrected chi connectivity index (χ0v) is 17.7. The number of piperidine rings is 1. The minimum Gasteiger partial charge on any atom is -0.341 e. The molecule has 2 aromatic rings. The van der Waals surface area contributed by atoms with Crippen LogP contribution in [0.1, 0.15) is 24.0 Å². The van der Waals surface area contributed by atoms with Gasteiger partial charge >= 0.3 is 0 Å². The molecule has 5 nitrogen and oxygen atoms in total. The zero-order chi connectivity index (χ0) is 20.3. The van der Waals surface area contributed by atoms with Gasteiger partial charge in [0.1, 0.15) is 0 Å². The van der Waals surface area contributed by atoms with Gasteiger partial charge in [-0.2, -0.15) is 4.31 Å². The summed E-state index contributed by atoms with van der Waals surface area (Å²) in [6.45, 7) is 3.13. The summed E-state index contributed by atoms with van der Waals surface area (Å²) in [5.41, 5.74) is 1.99. The van der Waals surface area contributed by atoms with Crippen LogP contribution in [0.2, 0.25) is 5.02 Å². The third-order valence-corrected chi connectivity index (χ3v) is 7.29. The van der Waals surface area contributed by atoms with Crippen LogP contribution in [0.5, 0.6) is 0 Å². The Morgan fingerprint density at radius 3 is 2.39 bits per heavy atom. The summed E-state index contributed by atoms with van der Waals surface area (Å²) < 4.78 is 27.1. The molecule has 0 aliphatic carbocycles. The van der Waals surface area contributed by atoms with E-state index in [1.807, 2.05) is 25.1 Å². The van der Waals surface area contributed by atoms with Gasteiger partial charge in [-0.3, -0.25) is 4.79 Å². The van der Waals surface area contributed by atoms with Crippen molar-refractivity contribution in [3.8, 4) is 0 Å². The van der Waals surface area contributed by atoms with E-state index < -0.39 is 10.0 Å². The summed E-state index contributed by atoms with van der Waals surface area (Å²) >= 11 is 6.01. The molecule has 1 aliphatic heterocycles. The van der Waals surface area contributed by atoms with E-state index in [9.17, 15) is 13.2 Å². The highest BCUT2D eigenvalue weighted by Gasteiger charge is 2.33. The summed E-state index contributed by atoms with van der Waals surface area (Å²) in [4.78, 5) is 14.8. The van der Waals surface area contributed by atoms with Crippen LogP contribution < -0.4 is 0 Å². The van der Waals surface area contributed by atoms with Crippen molar-refractivity contribution in [1.82, 2.24) is 9.21 Å². The van der Waals surface area contributed by atoms with Crippen LogP contribution in [-0.4, -0.2) is 43.7 Å². The van der Waals surface area contributed by atoms with E-state index in [1.54, 1.807) is 42.3 Å². The smallest absolute Gasteiger partial charge is 0.243 e. The number of amides is 1. The van der Waals surface area contributed by atoms with Gasteiger partial charge in [-0.1, -0.05) is 41.4 Å². The molecule has 28 heavy (non-hydrogen) atoms. The van der Waals surface area contributed by atoms with Crippen molar-refractivity contribution >= 4 is 27.5 Å². The molecule has 1 fully saturated rings. The van der Waals surface area contributed by atoms with E-state index >= 15 is 0 Å². The second-order valence-corrected chi connectivity index (χ2v) is 9.69. The zero-order valence-electron chi connectivity index (χ0n) is 16.1. The van der Waals surface area contributed by atoms with Crippen LogP contribution in [-0.2, 0) is 21.4 Å². The first-order chi connectivity index (χ1) is 13.3. The first-order valence-electron chi connectivity index (χ1n) is 9.33. The van der Waals surface area contributed by atoms with Gasteiger partial charge < -0.3 is 4.90 Å². The quantitative estimate of drug-likeness (QED) is 0.740. The molecule has 0 aromatic heterocycles. The van der Waals surface area contributed by atoms with Crippen LogP contribution in [0.25, 0.3) is 0 Å². The number of sulfonamides is 1. The van der Waals surface area contributed by atoms with Crippen LogP contribution in [0.4, 0.5) is 0 Å². The summed E-state index contributed by atoms with van der Waals surface area (Å²) in [6.07, 6.45) is 1.06. The first kappa shape index (κ1) is 20.8. The Morgan fingerprint density at radius 2 is 1.79 bits per heavy atom. The summed E-state index contributed by atoms with van der Waals surface area (Å²) in [5.74, 6) is -0.110. The van der Waals surface area contributed by atoms with Crippen molar-refractivity contribution < 1.29 is 13.2 Å². The van der Waals surface area contributed by atoms with E-state index in [-0.39, 0.29) is 11.8 Å². The largest absolute Gasteiger partial charge is 0.341 e. The predicted octanol–water partition coefficient (Wildman–Crippen LogP) is 3.71. The minimum absolute atomic E-state index is 0.0485. The Kier molecular flexibility index (Phi) is 6.43. The number of hydrogen-bond acceptors (Lipinski definition) is 3. The standard InChI is InChI=1S/C21H25ClN2O3S/c1-16-6-8-20(9-7-16)28(26,27)24-12-10-18(11-13-24)21(25)23(2)15-17-4-3-5-19(22)14-17/h3-9,14,18H,10-13,15H2,1-2H3. The maximum Gasteiger partial charge on any atom is 0.243 e. The summed E-state index contributed by atoms with van der Waals surface area (Å²) in [5, 5.41) is 0.646. The highest BCUT2D eigenvalue weighted by atomic mass is 35.5. The monoisotopic (exact) mass is 420 g/mol. The third-order valence-electron chi connectivity index (χ3n) is 5.15. The molecule has 0 N–H and O–H groups in total. The van der Waals surface area contributed by atoms with Crippen LogP contribution in [0, 0.1) is 12.8 Å². The van der Waals surface area contributed by atoms with Crippen molar-refractivity contribution in [2.24, 2.45) is 5.92 Å². The van der Waals surface area contributed by atoms with Crippen molar-refractivity contribution in [3.63, 3.8) is 0 Å². The fraction of sp³-hybridized carbons (Fsp3) is 0.381. The van der Waals surface area contributed by atoms with Crippen LogP contribution >= 0.6 is 11.6 Å². The van der Waals surface area contributed by atoms with E-state index in [4.69, 9.17) is 11.6 Å². The summed E-state index contributed by atoms with van der Waals surface area (Å²) in [6, 6.07) is 14.3. The molecule has 2 aromatic carbocycles. The number of carbonyl (C=O) groups excluding carboxylic acids is 1. The van der Waals surface area contributed by atoms with Gasteiger partial charge in [-0.05, 0) is 49.6 Å². The second kappa shape index (κ2) is 8.64. The molecule has 1 heterocycles. The van der Waals surface area contributed by atoms with E-state index in [0.717, 1.165) is 11.1 Å². The van der Waals surface area contributed by atoms with Crippen molar-refractivity contribution in [2.45, 2.75) is 31.2 Å². The lowest BCUT2D eigenvalue weighted by Crippen LogP contribution is -2.43. The average molecular weight is 421 g/mol. The summed E-state index contributed by atoms with van der Waals surface area (Å²) in [7, 11) is -1.73. The molecule has 0 bridgehead atoms. The molecule has 1 saturated heterocycles. The van der Waals surface area contributed by atoms with Crippen LogP contribution in [0.15, 0.2) is 53.4 Å². The van der Waals surface area contributed by atoms with E-state index in [2.05, 4.69) is 0 Å². The van der Waals surface area contributed by atoms with Crippen molar-refractivity contribution in [2.75, 3.05) is 20.1 Å². The number of halogens is 1. The van der Waals surface area contributed by atoms with Gasteiger partial charge in [0, 0.05) is 37.6 Å². The number of benzene rings is 2. The van der Waals surface area contributed by atoms with E-state index in [1.165, 1.54) is 4.31 Å². The lowest BCUT2D eigenvalue weighted by molar-refractivity contribution is -0.135. The van der Waals surface area contributed by atoms with Gasteiger partial charge in [-0.25, -0.2) is 8.42 Å². The fourth-order valence-corrected chi connectivity index (χ4v) is 5.18. The highest BCUT2D eigenvalue weighted by Crippen LogP contribution is 2.25. The number of carbonyl (C=O) groups is 1. The lowest BCUT2D eigenvalue weighted by atomic mass is 9.96. The maximum absolute atomic E-state index is 12.8. The normalized spacial score (nSPS) is 16.1. The van der Waals surface area contributed by atoms with Gasteiger partial charge in [0.2, 0.25) is 15.9 Å². The molecule has 1 aliphatic rings. The Labute approximate surface area is 172 Å². The average Bonchev–Trinajstić information content (AvgIpc) is 2.68. The molecule has 0 atom stereocenters. The maximum atomic E-state index is 12.8. The number of aryl methyl sites for hydroxylation is 1. The first-order valence-corrected chi connectivity index (χ1v) is 11.2. The number of nitrogens with zero attached hydrogens (tertiary/aromatic N) is 2. The number of rotatable bonds is 5. The fourth-order valence-electron chi connectivity index (χ4n) is 3.50. The topological polar surface area (TPSA) is 57.7 Å². The molecule has 3 rings (SSSR count). The predicted molar refractivity (Wildman–Crippen MR) is 111 cm³/mol. The SMILES string of the molecule is Cc1ccc(S(=O)(=O)N2CCC(C(=O)N(C)Cc3cccc(Cl)c3)CC2)cc1. The Morgan fingerprint density at radius 1 is 1.14 bits per heavy atom. The molecule has 1 amide bonds. The molecule has 0 unspecified atom stereocenters. The van der Waals surface area contributed by atoms with Gasteiger partial charge in [0.25, 0.3) is 0 Å². The molecule has 0 spiro atoms. The molecule has 150 valence electrons. The highest BCUT2D eigenvalue weighted by molar-refractivity contribution is 7.89. The molecule has 7 heteroatoms. The Hall–Kier alpha value is -1.89. The molecular formula is C21H25ClN2O3S. The Bertz CT molecular complexity index is 936. The van der Waals surface area contributed by atoms with Gasteiger partial charge in [-0.15, -0.1) is 0 Å². The Balaban J connectivity index is 1.59. The molecular weight excluding hydrogens is 396 g/mol. The third kappa shape index (κ3) is 4.74. The van der Waals surface area contributed by atoms with Crippen molar-refractivity contribution in [1.29, 1.82) is 0 Å². The van der Waals surface area contributed by atoms with Crippen LogP contribution in [0.3, 0.4) is 0 Å². The molecule has 0 saturated carbocycles.